The second-order valence-electron chi connectivity index (χ2n) is 7.92. The monoisotopic (exact) mass is 432 g/mol. The Bertz CT molecular complexity index is 869. The molecule has 164 valence electrons. The lowest BCUT2D eigenvalue weighted by atomic mass is 10.1. The minimum Gasteiger partial charge on any atom is -0.390 e. The molecule has 1 aromatic heterocycles. The summed E-state index contributed by atoms with van der Waals surface area (Å²) in [6.07, 6.45) is 2.44. The van der Waals surface area contributed by atoms with Gasteiger partial charge < -0.3 is 20.3 Å². The molecular weight excluding hydrogens is 400 g/mol. The highest BCUT2D eigenvalue weighted by atomic mass is 32.2. The van der Waals surface area contributed by atoms with Crippen molar-refractivity contribution < 1.29 is 14.7 Å². The molecule has 0 bridgehead atoms. The highest BCUT2D eigenvalue weighted by molar-refractivity contribution is 7.99. The van der Waals surface area contributed by atoms with Crippen LogP contribution in [-0.2, 0) is 22.7 Å². The van der Waals surface area contributed by atoms with E-state index < -0.39 is 0 Å². The molecule has 2 amide bonds. The first-order chi connectivity index (χ1) is 14.2. The zero-order valence-corrected chi connectivity index (χ0v) is 19.2. The summed E-state index contributed by atoms with van der Waals surface area (Å²) < 4.78 is 1.66. The molecule has 0 saturated carbocycles. The van der Waals surface area contributed by atoms with Crippen molar-refractivity contribution in [3.8, 4) is 0 Å². The van der Waals surface area contributed by atoms with E-state index in [4.69, 9.17) is 0 Å². The number of carbonyl (C=O) groups excluding carboxylic acids is 2. The molecule has 0 radical (unpaired) electrons. The lowest BCUT2D eigenvalue weighted by Gasteiger charge is -2.14. The minimum absolute atomic E-state index is 0.0636. The van der Waals surface area contributed by atoms with Crippen LogP contribution in [-0.4, -0.2) is 38.8 Å². The number of imidazole rings is 1. The van der Waals surface area contributed by atoms with Gasteiger partial charge in [-0.05, 0) is 44.2 Å². The third-order valence-electron chi connectivity index (χ3n) is 4.68. The predicted molar refractivity (Wildman–Crippen MR) is 121 cm³/mol. The number of aryl methyl sites for hydroxylation is 3. The molecule has 0 unspecified atom stereocenters. The Labute approximate surface area is 182 Å². The number of thioether (sulfide) groups is 1. The number of nitrogens with zero attached hydrogens (tertiary/aromatic N) is 2. The van der Waals surface area contributed by atoms with Crippen LogP contribution in [0.1, 0.15) is 42.7 Å². The van der Waals surface area contributed by atoms with Gasteiger partial charge in [0.1, 0.15) is 6.54 Å². The molecule has 0 saturated heterocycles. The molecule has 8 heteroatoms. The van der Waals surface area contributed by atoms with Crippen molar-refractivity contribution in [1.82, 2.24) is 14.9 Å². The van der Waals surface area contributed by atoms with Crippen molar-refractivity contribution in [3.63, 3.8) is 0 Å². The van der Waals surface area contributed by atoms with Gasteiger partial charge >= 0.3 is 0 Å². The van der Waals surface area contributed by atoms with Crippen LogP contribution >= 0.6 is 11.8 Å². The standard InChI is InChI=1S/C22H32N4O3S/c1-14(2)6-7-23-19(28)11-26-18(12-27)10-24-22(26)30-13-20(29)25-21-16(4)8-15(3)9-17(21)5/h8-10,14,27H,6-7,11-13H2,1-5H3,(H,23,28)(H,25,29). The number of rotatable bonds is 10. The first-order valence-electron chi connectivity index (χ1n) is 10.1. The maximum absolute atomic E-state index is 12.5. The van der Waals surface area contributed by atoms with Gasteiger partial charge in [-0.1, -0.05) is 43.3 Å². The van der Waals surface area contributed by atoms with Crippen molar-refractivity contribution in [2.24, 2.45) is 5.92 Å². The highest BCUT2D eigenvalue weighted by Gasteiger charge is 2.16. The zero-order valence-electron chi connectivity index (χ0n) is 18.4. The fourth-order valence-electron chi connectivity index (χ4n) is 3.19. The molecule has 1 heterocycles. The first-order valence-corrected chi connectivity index (χ1v) is 11.1. The number of anilines is 1. The summed E-state index contributed by atoms with van der Waals surface area (Å²) in [5.74, 6) is 0.387. The molecule has 0 spiro atoms. The van der Waals surface area contributed by atoms with E-state index in [0.717, 1.165) is 28.8 Å². The van der Waals surface area contributed by atoms with Crippen LogP contribution in [0.3, 0.4) is 0 Å². The van der Waals surface area contributed by atoms with Gasteiger partial charge in [0, 0.05) is 12.2 Å². The Kier molecular flexibility index (Phi) is 8.92. The van der Waals surface area contributed by atoms with Gasteiger partial charge in [-0.25, -0.2) is 4.98 Å². The molecule has 0 aliphatic rings. The number of amides is 2. The zero-order chi connectivity index (χ0) is 22.3. The molecule has 7 nitrogen and oxygen atoms in total. The summed E-state index contributed by atoms with van der Waals surface area (Å²) in [5, 5.41) is 16.0. The number of benzene rings is 1. The number of nitrogens with one attached hydrogen (secondary N) is 2. The Morgan fingerprint density at radius 3 is 2.43 bits per heavy atom. The van der Waals surface area contributed by atoms with Crippen LogP contribution in [0.4, 0.5) is 5.69 Å². The maximum atomic E-state index is 12.5. The second kappa shape index (κ2) is 11.2. The first kappa shape index (κ1) is 24.0. The van der Waals surface area contributed by atoms with Gasteiger partial charge in [0.2, 0.25) is 11.8 Å². The number of hydrogen-bond acceptors (Lipinski definition) is 5. The van der Waals surface area contributed by atoms with Gasteiger partial charge in [-0.15, -0.1) is 0 Å². The van der Waals surface area contributed by atoms with Crippen molar-refractivity contribution in [1.29, 1.82) is 0 Å². The topological polar surface area (TPSA) is 96.2 Å². The van der Waals surface area contributed by atoms with Gasteiger partial charge in [0.25, 0.3) is 0 Å². The third kappa shape index (κ3) is 6.88. The Morgan fingerprint density at radius 2 is 1.83 bits per heavy atom. The fraction of sp³-hybridized carbons (Fsp3) is 0.500. The number of hydrogen-bond donors (Lipinski definition) is 3. The van der Waals surface area contributed by atoms with E-state index in [1.165, 1.54) is 18.0 Å². The Balaban J connectivity index is 1.99. The summed E-state index contributed by atoms with van der Waals surface area (Å²) in [6.45, 7) is 10.6. The van der Waals surface area contributed by atoms with Gasteiger partial charge in [-0.3, -0.25) is 9.59 Å². The molecular formula is C22H32N4O3S. The normalized spacial score (nSPS) is 11.0. The molecule has 30 heavy (non-hydrogen) atoms. The predicted octanol–water partition coefficient (Wildman–Crippen LogP) is 3.19. The van der Waals surface area contributed by atoms with E-state index in [1.54, 1.807) is 4.57 Å². The highest BCUT2D eigenvalue weighted by Crippen LogP contribution is 2.23. The molecule has 1 aromatic carbocycles. The molecule has 0 atom stereocenters. The van der Waals surface area contributed by atoms with Gasteiger partial charge in [-0.2, -0.15) is 0 Å². The fourth-order valence-corrected chi connectivity index (χ4v) is 3.98. The lowest BCUT2D eigenvalue weighted by Crippen LogP contribution is -2.30. The van der Waals surface area contributed by atoms with Crippen molar-refractivity contribution >= 4 is 29.3 Å². The average Bonchev–Trinajstić information content (AvgIpc) is 3.04. The van der Waals surface area contributed by atoms with Crippen molar-refractivity contribution in [2.45, 2.75) is 59.3 Å². The van der Waals surface area contributed by atoms with Crippen LogP contribution in [0.25, 0.3) is 0 Å². The summed E-state index contributed by atoms with van der Waals surface area (Å²) in [6, 6.07) is 4.07. The van der Waals surface area contributed by atoms with E-state index >= 15 is 0 Å². The van der Waals surface area contributed by atoms with E-state index in [0.29, 0.717) is 23.3 Å². The summed E-state index contributed by atoms with van der Waals surface area (Å²) in [5.41, 5.74) is 4.57. The molecule has 0 aliphatic heterocycles. The van der Waals surface area contributed by atoms with E-state index in [1.807, 2.05) is 32.9 Å². The van der Waals surface area contributed by atoms with E-state index in [9.17, 15) is 14.7 Å². The average molecular weight is 433 g/mol. The van der Waals surface area contributed by atoms with E-state index in [2.05, 4.69) is 29.5 Å². The van der Waals surface area contributed by atoms with Gasteiger partial charge in [0.05, 0.1) is 24.3 Å². The van der Waals surface area contributed by atoms with Crippen LogP contribution in [0.2, 0.25) is 0 Å². The summed E-state index contributed by atoms with van der Waals surface area (Å²) in [7, 11) is 0. The number of aromatic nitrogens is 2. The van der Waals surface area contributed by atoms with Crippen molar-refractivity contribution in [3.05, 3.63) is 40.7 Å². The quantitative estimate of drug-likeness (QED) is 0.501. The lowest BCUT2D eigenvalue weighted by molar-refractivity contribution is -0.121. The Hall–Kier alpha value is -2.32. The number of aliphatic hydroxyl groups is 1. The van der Waals surface area contributed by atoms with Crippen LogP contribution in [0.5, 0.6) is 0 Å². The molecule has 0 aliphatic carbocycles. The van der Waals surface area contributed by atoms with Gasteiger partial charge in [0.15, 0.2) is 5.16 Å². The molecule has 2 aromatic rings. The maximum Gasteiger partial charge on any atom is 0.240 e. The minimum atomic E-state index is -0.221. The largest absolute Gasteiger partial charge is 0.390 e. The SMILES string of the molecule is Cc1cc(C)c(NC(=O)CSc2ncc(CO)n2CC(=O)NCCC(C)C)c(C)c1. The molecule has 3 N–H and O–H groups in total. The molecule has 0 fully saturated rings. The third-order valence-corrected chi connectivity index (χ3v) is 5.67. The van der Waals surface area contributed by atoms with Crippen molar-refractivity contribution in [2.75, 3.05) is 17.6 Å². The smallest absolute Gasteiger partial charge is 0.240 e. The van der Waals surface area contributed by atoms with Crippen LogP contribution in [0, 0.1) is 26.7 Å². The van der Waals surface area contributed by atoms with E-state index in [-0.39, 0.29) is 30.7 Å². The summed E-state index contributed by atoms with van der Waals surface area (Å²) >= 11 is 1.24. The number of carbonyl (C=O) groups is 2. The van der Waals surface area contributed by atoms with Crippen LogP contribution < -0.4 is 10.6 Å². The number of aliphatic hydroxyl groups excluding tert-OH is 1. The van der Waals surface area contributed by atoms with Crippen LogP contribution in [0.15, 0.2) is 23.5 Å². The Morgan fingerprint density at radius 1 is 1.17 bits per heavy atom. The summed E-state index contributed by atoms with van der Waals surface area (Å²) in [4.78, 5) is 29.0. The molecule has 2 rings (SSSR count). The second-order valence-corrected chi connectivity index (χ2v) is 8.86.